The monoisotopic (exact) mass is 412 g/mol. The zero-order chi connectivity index (χ0) is 21.0. The first-order valence-electron chi connectivity index (χ1n) is 11.5. The summed E-state index contributed by atoms with van der Waals surface area (Å²) in [6.45, 7) is 1.91. The number of hydrogen-bond donors (Lipinski definition) is 2. The van der Waals surface area contributed by atoms with Crippen molar-refractivity contribution < 1.29 is 4.79 Å². The zero-order valence-corrected chi connectivity index (χ0v) is 17.9. The quantitative estimate of drug-likeness (QED) is 0.458. The van der Waals surface area contributed by atoms with Gasteiger partial charge < -0.3 is 0 Å². The Morgan fingerprint density at radius 1 is 1.00 bits per heavy atom. The molecule has 0 spiro atoms. The molecule has 4 saturated carbocycles. The Labute approximate surface area is 182 Å². The van der Waals surface area contributed by atoms with Crippen LogP contribution in [0.15, 0.2) is 53.6 Å². The number of amides is 1. The van der Waals surface area contributed by atoms with Gasteiger partial charge in [-0.15, -0.1) is 0 Å². The van der Waals surface area contributed by atoms with Crippen molar-refractivity contribution >= 4 is 22.4 Å². The zero-order valence-electron chi connectivity index (χ0n) is 17.9. The van der Waals surface area contributed by atoms with Crippen LogP contribution in [0.4, 0.5) is 0 Å². The molecule has 1 heterocycles. The van der Waals surface area contributed by atoms with Gasteiger partial charge in [0.05, 0.1) is 5.71 Å². The molecule has 0 radical (unpaired) electrons. The van der Waals surface area contributed by atoms with Crippen LogP contribution in [0.2, 0.25) is 0 Å². The van der Waals surface area contributed by atoms with Crippen molar-refractivity contribution in [2.45, 2.75) is 50.9 Å². The first-order chi connectivity index (χ1) is 15.1. The Bertz CT molecular complexity index is 1160. The van der Waals surface area contributed by atoms with Crippen molar-refractivity contribution in [3.63, 3.8) is 0 Å². The molecule has 4 aliphatic rings. The molecule has 5 nitrogen and oxygen atoms in total. The van der Waals surface area contributed by atoms with Gasteiger partial charge in [-0.05, 0) is 91.7 Å². The maximum Gasteiger partial charge on any atom is 0.291 e. The molecule has 5 heteroatoms. The van der Waals surface area contributed by atoms with Crippen LogP contribution in [0.25, 0.3) is 10.8 Å². The molecule has 0 unspecified atom stereocenters. The second-order valence-corrected chi connectivity index (χ2v) is 10.1. The van der Waals surface area contributed by atoms with Crippen LogP contribution in [0, 0.1) is 17.8 Å². The third kappa shape index (κ3) is 3.27. The molecule has 0 aliphatic heterocycles. The highest BCUT2D eigenvalue weighted by Gasteiger charge is 2.52. The van der Waals surface area contributed by atoms with Crippen LogP contribution in [0.3, 0.4) is 0 Å². The van der Waals surface area contributed by atoms with Gasteiger partial charge in [-0.3, -0.25) is 9.89 Å². The Morgan fingerprint density at radius 3 is 2.39 bits per heavy atom. The van der Waals surface area contributed by atoms with Crippen molar-refractivity contribution in [3.05, 3.63) is 65.5 Å². The minimum atomic E-state index is -0.257. The summed E-state index contributed by atoms with van der Waals surface area (Å²) in [7, 11) is 0. The number of carbonyl (C=O) groups is 1. The van der Waals surface area contributed by atoms with Gasteiger partial charge in [0.25, 0.3) is 5.91 Å². The lowest BCUT2D eigenvalue weighted by Gasteiger charge is -2.56. The van der Waals surface area contributed by atoms with E-state index in [1.807, 2.05) is 31.2 Å². The molecule has 7 rings (SSSR count). The average Bonchev–Trinajstić information content (AvgIpc) is 3.27. The Kier molecular flexibility index (Phi) is 4.27. The smallest absolute Gasteiger partial charge is 0.281 e. The van der Waals surface area contributed by atoms with Gasteiger partial charge in [0.1, 0.15) is 0 Å². The Balaban J connectivity index is 1.18. The van der Waals surface area contributed by atoms with Crippen molar-refractivity contribution in [3.8, 4) is 0 Å². The fourth-order valence-electron chi connectivity index (χ4n) is 6.82. The van der Waals surface area contributed by atoms with Gasteiger partial charge in [-0.25, -0.2) is 5.43 Å². The second kappa shape index (κ2) is 7.04. The lowest BCUT2D eigenvalue weighted by Crippen LogP contribution is -2.48. The summed E-state index contributed by atoms with van der Waals surface area (Å²) in [6, 6.07) is 16.4. The summed E-state index contributed by atoms with van der Waals surface area (Å²) in [6.07, 6.45) is 7.97. The number of nitrogens with zero attached hydrogens (tertiary/aromatic N) is 2. The first kappa shape index (κ1) is 18.8. The lowest BCUT2D eigenvalue weighted by molar-refractivity contribution is -0.00721. The number of H-pyrrole nitrogens is 1. The van der Waals surface area contributed by atoms with Gasteiger partial charge in [-0.1, -0.05) is 36.4 Å². The summed E-state index contributed by atoms with van der Waals surface area (Å²) < 4.78 is 0. The van der Waals surface area contributed by atoms with E-state index in [0.717, 1.165) is 40.1 Å². The van der Waals surface area contributed by atoms with E-state index in [9.17, 15) is 4.79 Å². The average molecular weight is 413 g/mol. The molecule has 2 aromatic carbocycles. The number of aromatic amines is 1. The molecule has 4 aliphatic carbocycles. The van der Waals surface area contributed by atoms with Gasteiger partial charge >= 0.3 is 0 Å². The number of rotatable bonds is 4. The molecule has 1 amide bonds. The van der Waals surface area contributed by atoms with Crippen molar-refractivity contribution in [2.75, 3.05) is 0 Å². The number of hydrazone groups is 1. The maximum atomic E-state index is 12.7. The summed E-state index contributed by atoms with van der Waals surface area (Å²) in [5.41, 5.74) is 6.27. The number of hydrogen-bond acceptors (Lipinski definition) is 3. The summed E-state index contributed by atoms with van der Waals surface area (Å²) >= 11 is 0. The molecule has 31 heavy (non-hydrogen) atoms. The summed E-state index contributed by atoms with van der Waals surface area (Å²) in [5.74, 6) is 2.33. The normalized spacial score (nSPS) is 29.5. The van der Waals surface area contributed by atoms with E-state index >= 15 is 0 Å². The number of benzene rings is 2. The van der Waals surface area contributed by atoms with E-state index in [0.29, 0.717) is 5.69 Å². The third-order valence-electron chi connectivity index (χ3n) is 7.91. The highest BCUT2D eigenvalue weighted by molar-refractivity contribution is 6.03. The fourth-order valence-corrected chi connectivity index (χ4v) is 6.82. The van der Waals surface area contributed by atoms with E-state index in [4.69, 9.17) is 0 Å². The summed E-state index contributed by atoms with van der Waals surface area (Å²) in [5, 5.41) is 14.3. The molecular formula is C26H28N4O. The van der Waals surface area contributed by atoms with Gasteiger partial charge in [0, 0.05) is 11.1 Å². The van der Waals surface area contributed by atoms with Gasteiger partial charge in [0.15, 0.2) is 5.69 Å². The van der Waals surface area contributed by atoms with Crippen LogP contribution in [-0.4, -0.2) is 21.8 Å². The van der Waals surface area contributed by atoms with E-state index < -0.39 is 0 Å². The van der Waals surface area contributed by atoms with Crippen LogP contribution >= 0.6 is 0 Å². The summed E-state index contributed by atoms with van der Waals surface area (Å²) in [4.78, 5) is 12.7. The topological polar surface area (TPSA) is 70.1 Å². The van der Waals surface area contributed by atoms with E-state index in [-0.39, 0.29) is 11.3 Å². The van der Waals surface area contributed by atoms with Gasteiger partial charge in [-0.2, -0.15) is 10.2 Å². The fraction of sp³-hybridized carbons (Fsp3) is 0.423. The molecule has 4 fully saturated rings. The largest absolute Gasteiger partial charge is 0.291 e. The van der Waals surface area contributed by atoms with Gasteiger partial charge in [0.2, 0.25) is 0 Å². The predicted octanol–water partition coefficient (Wildman–Crippen LogP) is 5.18. The molecule has 1 aromatic heterocycles. The molecular weight excluding hydrogens is 384 g/mol. The standard InChI is InChI=1S/C26H28N4O/c1-16(21-7-6-20-4-2-3-5-22(20)11-21)27-30-25(31)23-12-24(29-28-23)26-13-17-8-18(14-26)10-19(9-17)15-26/h2-7,11-12,17-19H,8-10,13-15H2,1H3,(H,28,29)(H,30,31)/b27-16-. The SMILES string of the molecule is C/C(=N/NC(=O)c1cc(C23CC4CC(CC(C4)C2)C3)[nH]n1)c1ccc2ccccc2c1. The number of fused-ring (bicyclic) bond motifs is 1. The molecule has 0 atom stereocenters. The van der Waals surface area contributed by atoms with Crippen molar-refractivity contribution in [1.29, 1.82) is 0 Å². The van der Waals surface area contributed by atoms with Crippen LogP contribution in [0.1, 0.15) is 67.2 Å². The molecule has 4 bridgehead atoms. The van der Waals surface area contributed by atoms with Crippen molar-refractivity contribution in [2.24, 2.45) is 22.9 Å². The number of nitrogens with one attached hydrogen (secondary N) is 2. The minimum Gasteiger partial charge on any atom is -0.281 e. The highest BCUT2D eigenvalue weighted by atomic mass is 16.2. The molecule has 0 saturated heterocycles. The predicted molar refractivity (Wildman–Crippen MR) is 122 cm³/mol. The van der Waals surface area contributed by atoms with E-state index in [2.05, 4.69) is 45.0 Å². The lowest BCUT2D eigenvalue weighted by atomic mass is 9.49. The minimum absolute atomic E-state index is 0.213. The Hall–Kier alpha value is -2.95. The van der Waals surface area contributed by atoms with Crippen LogP contribution in [0.5, 0.6) is 0 Å². The third-order valence-corrected chi connectivity index (χ3v) is 7.91. The number of aromatic nitrogens is 2. The Morgan fingerprint density at radius 2 is 1.68 bits per heavy atom. The first-order valence-corrected chi connectivity index (χ1v) is 11.5. The molecule has 158 valence electrons. The van der Waals surface area contributed by atoms with Crippen molar-refractivity contribution in [1.82, 2.24) is 15.6 Å². The van der Waals surface area contributed by atoms with Crippen LogP contribution in [-0.2, 0) is 5.41 Å². The highest BCUT2D eigenvalue weighted by Crippen LogP contribution is 2.60. The molecule has 2 N–H and O–H groups in total. The molecule has 3 aromatic rings. The van der Waals surface area contributed by atoms with E-state index in [1.54, 1.807) is 0 Å². The number of carbonyl (C=O) groups excluding carboxylic acids is 1. The maximum absolute atomic E-state index is 12.7. The van der Waals surface area contributed by atoms with E-state index in [1.165, 1.54) is 43.9 Å². The second-order valence-electron chi connectivity index (χ2n) is 10.1. The van der Waals surface area contributed by atoms with Crippen LogP contribution < -0.4 is 5.43 Å².